The van der Waals surface area contributed by atoms with Crippen LogP contribution in [0.15, 0.2) is 24.3 Å². The van der Waals surface area contributed by atoms with Gasteiger partial charge in [0.25, 0.3) is 5.91 Å². The molecule has 2 aliphatic rings. The lowest BCUT2D eigenvalue weighted by Crippen LogP contribution is -2.40. The van der Waals surface area contributed by atoms with Crippen LogP contribution in [0.4, 0.5) is 0 Å². The summed E-state index contributed by atoms with van der Waals surface area (Å²) in [6.07, 6.45) is 5.72. The zero-order chi connectivity index (χ0) is 18.4. The fourth-order valence-corrected chi connectivity index (χ4v) is 3.32. The number of benzene rings is 1. The van der Waals surface area contributed by atoms with E-state index < -0.39 is 12.1 Å². The van der Waals surface area contributed by atoms with Gasteiger partial charge in [-0.3, -0.25) is 4.79 Å². The number of ether oxygens (including phenoxy) is 3. The second-order valence-corrected chi connectivity index (χ2v) is 7.01. The number of carbonyl (C=O) groups excluding carboxylic acids is 2. The first-order chi connectivity index (χ1) is 12.6. The van der Waals surface area contributed by atoms with E-state index in [4.69, 9.17) is 14.2 Å². The van der Waals surface area contributed by atoms with Crippen LogP contribution in [0.1, 0.15) is 55.8 Å². The standard InChI is InChI=1S/C20H27NO5/c1-14(19(22)21-16-5-2-3-6-16)26-20(23)15-8-10-17(11-9-15)25-13-18-7-4-12-24-18/h8-11,14,16,18H,2-7,12-13H2,1H3,(H,21,22)/t14-,18-/m1/s1. The summed E-state index contributed by atoms with van der Waals surface area (Å²) in [6, 6.07) is 6.97. The molecule has 2 fully saturated rings. The molecule has 6 heteroatoms. The smallest absolute Gasteiger partial charge is 0.338 e. The second kappa shape index (κ2) is 9.03. The fourth-order valence-electron chi connectivity index (χ4n) is 3.32. The van der Waals surface area contributed by atoms with Gasteiger partial charge >= 0.3 is 5.97 Å². The van der Waals surface area contributed by atoms with Gasteiger partial charge in [-0.2, -0.15) is 0 Å². The van der Waals surface area contributed by atoms with Gasteiger partial charge in [-0.15, -0.1) is 0 Å². The minimum Gasteiger partial charge on any atom is -0.491 e. The molecule has 1 aromatic carbocycles. The van der Waals surface area contributed by atoms with E-state index in [0.29, 0.717) is 17.9 Å². The second-order valence-electron chi connectivity index (χ2n) is 7.01. The van der Waals surface area contributed by atoms with Gasteiger partial charge in [-0.25, -0.2) is 4.79 Å². The lowest BCUT2D eigenvalue weighted by Gasteiger charge is -2.17. The van der Waals surface area contributed by atoms with Gasteiger partial charge < -0.3 is 19.5 Å². The van der Waals surface area contributed by atoms with Crippen molar-refractivity contribution in [2.24, 2.45) is 0 Å². The minimum absolute atomic E-state index is 0.152. The van der Waals surface area contributed by atoms with Crippen LogP contribution in [-0.2, 0) is 14.3 Å². The van der Waals surface area contributed by atoms with E-state index in [1.165, 1.54) is 0 Å². The molecular formula is C20H27NO5. The van der Waals surface area contributed by atoms with Crippen molar-refractivity contribution in [3.05, 3.63) is 29.8 Å². The maximum Gasteiger partial charge on any atom is 0.338 e. The molecule has 0 radical (unpaired) electrons. The molecule has 1 saturated carbocycles. The van der Waals surface area contributed by atoms with Crippen LogP contribution in [0.5, 0.6) is 5.75 Å². The fraction of sp³-hybridized carbons (Fsp3) is 0.600. The topological polar surface area (TPSA) is 73.9 Å². The molecule has 1 N–H and O–H groups in total. The Morgan fingerprint density at radius 3 is 2.54 bits per heavy atom. The molecule has 26 heavy (non-hydrogen) atoms. The molecule has 2 atom stereocenters. The molecule has 1 amide bonds. The van der Waals surface area contributed by atoms with E-state index in [2.05, 4.69) is 5.32 Å². The number of carbonyl (C=O) groups is 2. The van der Waals surface area contributed by atoms with Gasteiger partial charge in [0.05, 0.1) is 11.7 Å². The summed E-state index contributed by atoms with van der Waals surface area (Å²) in [4.78, 5) is 24.3. The van der Waals surface area contributed by atoms with E-state index in [-0.39, 0.29) is 18.1 Å². The molecule has 0 unspecified atom stereocenters. The predicted octanol–water partition coefficient (Wildman–Crippen LogP) is 2.85. The van der Waals surface area contributed by atoms with Crippen LogP contribution >= 0.6 is 0 Å². The summed E-state index contributed by atoms with van der Waals surface area (Å²) < 4.78 is 16.5. The molecule has 1 aliphatic heterocycles. The average Bonchev–Trinajstić information content (AvgIpc) is 3.34. The zero-order valence-electron chi connectivity index (χ0n) is 15.2. The number of hydrogen-bond donors (Lipinski definition) is 1. The molecule has 142 valence electrons. The molecule has 0 bridgehead atoms. The van der Waals surface area contributed by atoms with Crippen molar-refractivity contribution >= 4 is 11.9 Å². The summed E-state index contributed by atoms with van der Waals surface area (Å²) in [7, 11) is 0. The van der Waals surface area contributed by atoms with Crippen molar-refractivity contribution in [3.63, 3.8) is 0 Å². The Labute approximate surface area is 154 Å². The van der Waals surface area contributed by atoms with Crippen molar-refractivity contribution in [2.45, 2.75) is 63.7 Å². The van der Waals surface area contributed by atoms with Crippen LogP contribution in [0.2, 0.25) is 0 Å². The molecule has 6 nitrogen and oxygen atoms in total. The zero-order valence-corrected chi connectivity index (χ0v) is 15.2. The first-order valence-electron chi connectivity index (χ1n) is 9.47. The maximum atomic E-state index is 12.2. The molecule has 1 aliphatic carbocycles. The third kappa shape index (κ3) is 5.21. The highest BCUT2D eigenvalue weighted by molar-refractivity contribution is 5.92. The van der Waals surface area contributed by atoms with Gasteiger partial charge in [0.15, 0.2) is 6.10 Å². The third-order valence-corrected chi connectivity index (χ3v) is 4.90. The Hall–Kier alpha value is -2.08. The molecule has 0 spiro atoms. The maximum absolute atomic E-state index is 12.2. The van der Waals surface area contributed by atoms with Gasteiger partial charge in [-0.1, -0.05) is 12.8 Å². The van der Waals surface area contributed by atoms with Crippen molar-refractivity contribution < 1.29 is 23.8 Å². The average molecular weight is 361 g/mol. The Bertz CT molecular complexity index is 603. The molecule has 3 rings (SSSR count). The highest BCUT2D eigenvalue weighted by atomic mass is 16.5. The van der Waals surface area contributed by atoms with Gasteiger partial charge in [0, 0.05) is 12.6 Å². The molecule has 1 heterocycles. The highest BCUT2D eigenvalue weighted by Gasteiger charge is 2.23. The largest absolute Gasteiger partial charge is 0.491 e. The lowest BCUT2D eigenvalue weighted by atomic mass is 10.2. The van der Waals surface area contributed by atoms with Crippen LogP contribution in [0.3, 0.4) is 0 Å². The van der Waals surface area contributed by atoms with Gasteiger partial charge in [-0.05, 0) is 56.9 Å². The summed E-state index contributed by atoms with van der Waals surface area (Å²) in [5.74, 6) is -0.0596. The number of nitrogens with one attached hydrogen (secondary N) is 1. The Kier molecular flexibility index (Phi) is 6.50. The summed E-state index contributed by atoms with van der Waals surface area (Å²) >= 11 is 0. The molecule has 1 saturated heterocycles. The lowest BCUT2D eigenvalue weighted by molar-refractivity contribution is -0.129. The highest BCUT2D eigenvalue weighted by Crippen LogP contribution is 2.19. The van der Waals surface area contributed by atoms with Gasteiger partial charge in [0.1, 0.15) is 12.4 Å². The monoisotopic (exact) mass is 361 g/mol. The van der Waals surface area contributed by atoms with E-state index in [1.807, 2.05) is 0 Å². The summed E-state index contributed by atoms with van der Waals surface area (Å²) in [5.41, 5.74) is 0.398. The minimum atomic E-state index is -0.807. The molecule has 1 aromatic rings. The Morgan fingerprint density at radius 1 is 1.15 bits per heavy atom. The third-order valence-electron chi connectivity index (χ3n) is 4.90. The van der Waals surface area contributed by atoms with Gasteiger partial charge in [0.2, 0.25) is 0 Å². The van der Waals surface area contributed by atoms with E-state index >= 15 is 0 Å². The Morgan fingerprint density at radius 2 is 1.88 bits per heavy atom. The van der Waals surface area contributed by atoms with Crippen LogP contribution in [0.25, 0.3) is 0 Å². The van der Waals surface area contributed by atoms with Crippen molar-refractivity contribution in [3.8, 4) is 5.75 Å². The first kappa shape index (κ1) is 18.7. The number of amides is 1. The molecule has 0 aromatic heterocycles. The normalized spacial score (nSPS) is 21.3. The number of rotatable bonds is 7. The SMILES string of the molecule is C[C@@H](OC(=O)c1ccc(OC[C@H]2CCCO2)cc1)C(=O)NC1CCCC1. The number of hydrogen-bond acceptors (Lipinski definition) is 5. The first-order valence-corrected chi connectivity index (χ1v) is 9.47. The van der Waals surface area contributed by atoms with Crippen LogP contribution < -0.4 is 10.1 Å². The quantitative estimate of drug-likeness (QED) is 0.756. The molecular weight excluding hydrogens is 334 g/mol. The number of esters is 1. The summed E-state index contributed by atoms with van der Waals surface area (Å²) in [6.45, 7) is 2.91. The predicted molar refractivity (Wildman–Crippen MR) is 96.2 cm³/mol. The van der Waals surface area contributed by atoms with E-state index in [0.717, 1.165) is 45.1 Å². The van der Waals surface area contributed by atoms with E-state index in [9.17, 15) is 9.59 Å². The van der Waals surface area contributed by atoms with Crippen LogP contribution in [-0.4, -0.2) is 43.3 Å². The summed E-state index contributed by atoms with van der Waals surface area (Å²) in [5, 5.41) is 2.94. The van der Waals surface area contributed by atoms with Crippen molar-refractivity contribution in [2.75, 3.05) is 13.2 Å². The van der Waals surface area contributed by atoms with Crippen LogP contribution in [0, 0.1) is 0 Å². The Balaban J connectivity index is 1.45. The van der Waals surface area contributed by atoms with Crippen molar-refractivity contribution in [1.29, 1.82) is 0 Å². The van der Waals surface area contributed by atoms with E-state index in [1.54, 1.807) is 31.2 Å². The van der Waals surface area contributed by atoms with Crippen molar-refractivity contribution in [1.82, 2.24) is 5.32 Å².